The molecule has 0 radical (unpaired) electrons. The summed E-state index contributed by atoms with van der Waals surface area (Å²) < 4.78 is 2.16. The molecular formula is C23H23N5OS2. The van der Waals surface area contributed by atoms with Crippen molar-refractivity contribution >= 4 is 29.5 Å². The molecule has 2 aromatic carbocycles. The van der Waals surface area contributed by atoms with Crippen LogP contribution in [0.15, 0.2) is 53.9 Å². The fourth-order valence-electron chi connectivity index (χ4n) is 3.35. The molecule has 2 N–H and O–H groups in total. The number of nitrogens with zero attached hydrogens (tertiary/aromatic N) is 3. The summed E-state index contributed by atoms with van der Waals surface area (Å²) in [5.41, 5.74) is 5.32. The zero-order valence-corrected chi connectivity index (χ0v) is 19.0. The van der Waals surface area contributed by atoms with E-state index in [0.29, 0.717) is 17.1 Å². The number of benzene rings is 2. The molecule has 0 fully saturated rings. The minimum absolute atomic E-state index is 0.0963. The Morgan fingerprint density at radius 3 is 2.68 bits per heavy atom. The van der Waals surface area contributed by atoms with Crippen LogP contribution < -0.4 is 5.32 Å². The van der Waals surface area contributed by atoms with E-state index in [-0.39, 0.29) is 12.5 Å². The number of aryl methyl sites for hydroxylation is 2. The fraction of sp³-hybridized carbons (Fsp3) is 0.217. The Hall–Kier alpha value is -3.10. The summed E-state index contributed by atoms with van der Waals surface area (Å²) >= 11 is 6.98. The van der Waals surface area contributed by atoms with Gasteiger partial charge in [0.25, 0.3) is 0 Å². The largest absolute Gasteiger partial charge is 0.354 e. The van der Waals surface area contributed by atoms with Gasteiger partial charge in [0, 0.05) is 23.1 Å². The van der Waals surface area contributed by atoms with E-state index in [9.17, 15) is 4.79 Å². The van der Waals surface area contributed by atoms with Gasteiger partial charge in [-0.3, -0.25) is 14.5 Å². The van der Waals surface area contributed by atoms with Gasteiger partial charge in [-0.15, -0.1) is 11.3 Å². The number of rotatable bonds is 7. The maximum absolute atomic E-state index is 12.5. The topological polar surface area (TPSA) is 75.6 Å². The van der Waals surface area contributed by atoms with E-state index in [1.54, 1.807) is 15.9 Å². The van der Waals surface area contributed by atoms with Crippen LogP contribution in [0, 0.1) is 18.6 Å². The van der Waals surface area contributed by atoms with Crippen LogP contribution in [-0.4, -0.2) is 32.2 Å². The third-order valence-corrected chi connectivity index (χ3v) is 6.03. The number of hydrogen-bond donors (Lipinski definition) is 2. The molecule has 2 aromatic heterocycles. The van der Waals surface area contributed by atoms with E-state index >= 15 is 0 Å². The third-order valence-electron chi connectivity index (χ3n) is 4.94. The van der Waals surface area contributed by atoms with Crippen molar-refractivity contribution in [3.8, 4) is 22.6 Å². The molecule has 4 rings (SSSR count). The van der Waals surface area contributed by atoms with Crippen LogP contribution in [0.5, 0.6) is 0 Å². The Morgan fingerprint density at radius 2 is 1.97 bits per heavy atom. The van der Waals surface area contributed by atoms with Crippen molar-refractivity contribution in [3.05, 3.63) is 74.8 Å². The molecule has 0 unspecified atom stereocenters. The van der Waals surface area contributed by atoms with Gasteiger partial charge in [0.1, 0.15) is 6.54 Å². The molecule has 0 aliphatic rings. The number of carbonyl (C=O) groups excluding carboxylic acids is 1. The van der Waals surface area contributed by atoms with Gasteiger partial charge in [-0.2, -0.15) is 5.10 Å². The monoisotopic (exact) mass is 449 g/mol. The highest BCUT2D eigenvalue weighted by molar-refractivity contribution is 7.71. The lowest BCUT2D eigenvalue weighted by atomic mass is 10.1. The van der Waals surface area contributed by atoms with Gasteiger partial charge < -0.3 is 5.32 Å². The number of aromatic amines is 1. The fourth-order valence-corrected chi connectivity index (χ4v) is 4.17. The van der Waals surface area contributed by atoms with Gasteiger partial charge in [0.2, 0.25) is 5.91 Å². The normalized spacial score (nSPS) is 10.9. The van der Waals surface area contributed by atoms with Crippen molar-refractivity contribution in [2.45, 2.75) is 26.8 Å². The highest BCUT2D eigenvalue weighted by atomic mass is 32.1. The molecule has 31 heavy (non-hydrogen) atoms. The highest BCUT2D eigenvalue weighted by Crippen LogP contribution is 2.22. The highest BCUT2D eigenvalue weighted by Gasteiger charge is 2.12. The number of hydrogen-bond acceptors (Lipinski definition) is 5. The first-order valence-electron chi connectivity index (χ1n) is 10.00. The molecule has 4 aromatic rings. The number of H-pyrrole nitrogens is 1. The zero-order chi connectivity index (χ0) is 21.8. The summed E-state index contributed by atoms with van der Waals surface area (Å²) in [6.07, 6.45) is 0.754. The predicted octanol–water partition coefficient (Wildman–Crippen LogP) is 4.71. The lowest BCUT2D eigenvalue weighted by molar-refractivity contribution is -0.121. The lowest BCUT2D eigenvalue weighted by Crippen LogP contribution is -2.29. The Morgan fingerprint density at radius 1 is 1.16 bits per heavy atom. The van der Waals surface area contributed by atoms with E-state index in [0.717, 1.165) is 39.4 Å². The minimum atomic E-state index is -0.0963. The summed E-state index contributed by atoms with van der Waals surface area (Å²) in [5, 5.41) is 13.2. The first-order chi connectivity index (χ1) is 15.0. The summed E-state index contributed by atoms with van der Waals surface area (Å²) in [6.45, 7) is 4.71. The smallest absolute Gasteiger partial charge is 0.240 e. The number of amides is 1. The molecule has 2 heterocycles. The first-order valence-corrected chi connectivity index (χ1v) is 11.3. The maximum Gasteiger partial charge on any atom is 0.240 e. The number of nitrogens with one attached hydrogen (secondary N) is 2. The maximum atomic E-state index is 12.5. The van der Waals surface area contributed by atoms with E-state index in [2.05, 4.69) is 50.1 Å². The van der Waals surface area contributed by atoms with Gasteiger partial charge in [0.05, 0.1) is 10.7 Å². The predicted molar refractivity (Wildman–Crippen MR) is 127 cm³/mol. The second kappa shape index (κ2) is 9.36. The zero-order valence-electron chi connectivity index (χ0n) is 17.4. The Kier molecular flexibility index (Phi) is 6.39. The molecular weight excluding hydrogens is 426 g/mol. The van der Waals surface area contributed by atoms with Crippen LogP contribution in [0.3, 0.4) is 0 Å². The van der Waals surface area contributed by atoms with Crippen molar-refractivity contribution in [1.82, 2.24) is 25.1 Å². The van der Waals surface area contributed by atoms with Crippen molar-refractivity contribution in [2.24, 2.45) is 0 Å². The van der Waals surface area contributed by atoms with Gasteiger partial charge in [-0.05, 0) is 44.1 Å². The molecule has 8 heteroatoms. The summed E-state index contributed by atoms with van der Waals surface area (Å²) in [4.78, 5) is 17.0. The Labute approximate surface area is 190 Å². The molecule has 0 saturated heterocycles. The Bertz CT molecular complexity index is 1250. The van der Waals surface area contributed by atoms with Gasteiger partial charge >= 0.3 is 0 Å². The summed E-state index contributed by atoms with van der Waals surface area (Å²) in [6, 6.07) is 16.3. The van der Waals surface area contributed by atoms with Crippen LogP contribution in [0.2, 0.25) is 0 Å². The van der Waals surface area contributed by atoms with Crippen LogP contribution in [-0.2, 0) is 17.8 Å². The van der Waals surface area contributed by atoms with Gasteiger partial charge in [-0.1, -0.05) is 48.0 Å². The van der Waals surface area contributed by atoms with Crippen molar-refractivity contribution in [3.63, 3.8) is 0 Å². The number of thiazole rings is 1. The molecule has 0 bridgehead atoms. The van der Waals surface area contributed by atoms with Crippen molar-refractivity contribution < 1.29 is 4.79 Å². The average Bonchev–Trinajstić information content (AvgIpc) is 3.34. The van der Waals surface area contributed by atoms with Crippen molar-refractivity contribution in [1.29, 1.82) is 0 Å². The molecule has 0 atom stereocenters. The average molecular weight is 450 g/mol. The number of carbonyl (C=O) groups is 1. The SMILES string of the molecule is Cc1cccc(-c2n[nH]c(=S)n2CC(=O)NCCc2ccc(-c3csc(C)n3)cc2)c1. The van der Waals surface area contributed by atoms with Crippen LogP contribution in [0.4, 0.5) is 0 Å². The molecule has 0 spiro atoms. The summed E-state index contributed by atoms with van der Waals surface area (Å²) in [5.74, 6) is 0.567. The third kappa shape index (κ3) is 5.15. The van der Waals surface area contributed by atoms with Crippen molar-refractivity contribution in [2.75, 3.05) is 6.54 Å². The molecule has 6 nitrogen and oxygen atoms in total. The van der Waals surface area contributed by atoms with E-state index < -0.39 is 0 Å². The molecule has 0 aliphatic heterocycles. The quantitative estimate of drug-likeness (QED) is 0.401. The van der Waals surface area contributed by atoms with E-state index in [1.165, 1.54) is 0 Å². The summed E-state index contributed by atoms with van der Waals surface area (Å²) in [7, 11) is 0. The first kappa shape index (κ1) is 21.1. The Balaban J connectivity index is 1.34. The minimum Gasteiger partial charge on any atom is -0.354 e. The molecule has 1 amide bonds. The van der Waals surface area contributed by atoms with E-state index in [4.69, 9.17) is 12.2 Å². The van der Waals surface area contributed by atoms with E-state index in [1.807, 2.05) is 38.1 Å². The van der Waals surface area contributed by atoms with Gasteiger partial charge in [0.15, 0.2) is 10.6 Å². The standard InChI is InChI=1S/C23H23N5OS2/c1-15-4-3-5-19(12-15)22-26-27-23(30)28(22)13-21(29)24-11-10-17-6-8-18(9-7-17)20-14-31-16(2)25-20/h3-9,12,14H,10-11,13H2,1-2H3,(H,24,29)(H,27,30). The van der Waals surface area contributed by atoms with Crippen LogP contribution in [0.1, 0.15) is 16.1 Å². The van der Waals surface area contributed by atoms with Gasteiger partial charge in [-0.25, -0.2) is 4.98 Å². The number of aromatic nitrogens is 4. The van der Waals surface area contributed by atoms with Crippen LogP contribution in [0.25, 0.3) is 22.6 Å². The lowest BCUT2D eigenvalue weighted by Gasteiger charge is -2.09. The molecule has 158 valence electrons. The second-order valence-corrected chi connectivity index (χ2v) is 8.81. The molecule has 0 saturated carbocycles. The second-order valence-electron chi connectivity index (χ2n) is 7.36. The molecule has 0 aliphatic carbocycles. The van der Waals surface area contributed by atoms with Crippen LogP contribution >= 0.6 is 23.6 Å².